The van der Waals surface area contributed by atoms with E-state index in [0.717, 1.165) is 0 Å². The predicted octanol–water partition coefficient (Wildman–Crippen LogP) is 1.73. The minimum absolute atomic E-state index is 0.130. The van der Waals surface area contributed by atoms with E-state index in [1.807, 2.05) is 0 Å². The van der Waals surface area contributed by atoms with Crippen LogP contribution in [0.2, 0.25) is 0 Å². The Morgan fingerprint density at radius 2 is 1.38 bits per heavy atom. The van der Waals surface area contributed by atoms with Gasteiger partial charge in [-0.1, -0.05) is 13.2 Å². The number of carbonyl (C=O) groups excluding carboxylic acids is 1. The van der Waals surface area contributed by atoms with Gasteiger partial charge in [-0.05, 0) is 12.2 Å². The Kier molecular flexibility index (Phi) is 11.6. The Morgan fingerprint density at radius 1 is 1.12 bits per heavy atom. The van der Waals surface area contributed by atoms with Crippen LogP contribution in [0.25, 0.3) is 0 Å². The van der Waals surface area contributed by atoms with Crippen LogP contribution in [0.4, 0.5) is 0 Å². The molecule has 0 aromatic heterocycles. The smallest absolute Gasteiger partial charge is 0.177 e. The zero-order valence-electron chi connectivity index (χ0n) is 4.89. The van der Waals surface area contributed by atoms with Gasteiger partial charge in [0.05, 0.1) is 0 Å². The molecule has 1 heteroatoms. The van der Waals surface area contributed by atoms with Gasteiger partial charge in [0, 0.05) is 0 Å². The van der Waals surface area contributed by atoms with Crippen LogP contribution in [0, 0.1) is 0 Å². The summed E-state index contributed by atoms with van der Waals surface area (Å²) in [5.74, 6) is -0.130. The lowest BCUT2D eigenvalue weighted by Crippen LogP contribution is -1.78. The molecule has 0 amide bonds. The van der Waals surface area contributed by atoms with Crippen molar-refractivity contribution < 1.29 is 4.79 Å². The summed E-state index contributed by atoms with van der Waals surface area (Å²) in [6, 6.07) is 0. The number of hydrogen-bond donors (Lipinski definition) is 0. The number of ketones is 1. The molecule has 0 saturated carbocycles. The zero-order valence-corrected chi connectivity index (χ0v) is 4.89. The Balaban J connectivity index is 0. The Hall–Kier alpha value is -1.11. The summed E-state index contributed by atoms with van der Waals surface area (Å²) >= 11 is 0. The quantitative estimate of drug-likeness (QED) is 0.391. The molecule has 0 bridgehead atoms. The zero-order chi connectivity index (χ0) is 6.99. The molecule has 0 saturated heterocycles. The van der Waals surface area contributed by atoms with Crippen molar-refractivity contribution in [3.63, 3.8) is 0 Å². The molecular formula is C7H10O. The molecule has 0 unspecified atom stereocenters. The van der Waals surface area contributed by atoms with Crippen LogP contribution < -0.4 is 0 Å². The summed E-state index contributed by atoms with van der Waals surface area (Å²) < 4.78 is 0. The molecule has 44 valence electrons. The van der Waals surface area contributed by atoms with E-state index in [1.54, 1.807) is 0 Å². The van der Waals surface area contributed by atoms with Gasteiger partial charge >= 0.3 is 0 Å². The van der Waals surface area contributed by atoms with Gasteiger partial charge in [-0.3, -0.25) is 4.79 Å². The van der Waals surface area contributed by atoms with Crippen molar-refractivity contribution in [2.75, 3.05) is 0 Å². The van der Waals surface area contributed by atoms with Gasteiger partial charge in [0.15, 0.2) is 5.78 Å². The normalized spacial score (nSPS) is 5.50. The van der Waals surface area contributed by atoms with E-state index < -0.39 is 0 Å². The van der Waals surface area contributed by atoms with Gasteiger partial charge in [-0.15, -0.1) is 13.2 Å². The SMILES string of the molecule is C=C.C=CC(=O)C=C. The number of carbonyl (C=O) groups is 1. The van der Waals surface area contributed by atoms with Crippen molar-refractivity contribution in [2.24, 2.45) is 0 Å². The van der Waals surface area contributed by atoms with Gasteiger partial charge in [0.1, 0.15) is 0 Å². The van der Waals surface area contributed by atoms with Crippen molar-refractivity contribution in [1.82, 2.24) is 0 Å². The lowest BCUT2D eigenvalue weighted by Gasteiger charge is -1.68. The molecule has 0 aliphatic heterocycles. The Morgan fingerprint density at radius 3 is 1.38 bits per heavy atom. The first kappa shape index (κ1) is 10.00. The molecule has 0 radical (unpaired) electrons. The summed E-state index contributed by atoms with van der Waals surface area (Å²) in [5.41, 5.74) is 0. The number of hydrogen-bond acceptors (Lipinski definition) is 1. The van der Waals surface area contributed by atoms with E-state index in [2.05, 4.69) is 26.3 Å². The molecule has 0 spiro atoms. The van der Waals surface area contributed by atoms with E-state index in [1.165, 1.54) is 12.2 Å². The average Bonchev–Trinajstić information content (AvgIpc) is 1.91. The molecular weight excluding hydrogens is 100 g/mol. The Labute approximate surface area is 50.0 Å². The summed E-state index contributed by atoms with van der Waals surface area (Å²) in [6.45, 7) is 12.4. The third-order valence-electron chi connectivity index (χ3n) is 0.402. The lowest BCUT2D eigenvalue weighted by atomic mass is 10.4. The minimum Gasteiger partial charge on any atom is -0.290 e. The standard InChI is InChI=1S/C5H6O.C2H4/c1-3-5(6)4-2;1-2/h3-4H,1-2H2;1-2H2. The maximum Gasteiger partial charge on any atom is 0.177 e. The third kappa shape index (κ3) is 8.86. The number of allylic oxidation sites excluding steroid dienone is 2. The maximum atomic E-state index is 9.94. The van der Waals surface area contributed by atoms with Gasteiger partial charge in [0.25, 0.3) is 0 Å². The van der Waals surface area contributed by atoms with E-state index in [0.29, 0.717) is 0 Å². The van der Waals surface area contributed by atoms with Crippen molar-refractivity contribution in [2.45, 2.75) is 0 Å². The summed E-state index contributed by atoms with van der Waals surface area (Å²) in [4.78, 5) is 9.94. The van der Waals surface area contributed by atoms with Crippen molar-refractivity contribution in [1.29, 1.82) is 0 Å². The van der Waals surface area contributed by atoms with Crippen LogP contribution in [0.1, 0.15) is 0 Å². The summed E-state index contributed by atoms with van der Waals surface area (Å²) in [5, 5.41) is 0. The van der Waals surface area contributed by atoms with Crippen LogP contribution in [-0.2, 0) is 4.79 Å². The largest absolute Gasteiger partial charge is 0.290 e. The van der Waals surface area contributed by atoms with Crippen molar-refractivity contribution >= 4 is 5.78 Å². The van der Waals surface area contributed by atoms with E-state index in [4.69, 9.17) is 0 Å². The molecule has 0 aliphatic rings. The van der Waals surface area contributed by atoms with Crippen LogP contribution in [0.5, 0.6) is 0 Å². The average molecular weight is 110 g/mol. The first-order valence-electron chi connectivity index (χ1n) is 2.10. The number of rotatable bonds is 2. The molecule has 0 heterocycles. The van der Waals surface area contributed by atoms with Crippen LogP contribution in [-0.4, -0.2) is 5.78 Å². The Bertz CT molecular complexity index is 82.6. The lowest BCUT2D eigenvalue weighted by molar-refractivity contribution is -0.110. The van der Waals surface area contributed by atoms with Crippen molar-refractivity contribution in [3.05, 3.63) is 38.5 Å². The molecule has 0 fully saturated rings. The maximum absolute atomic E-state index is 9.94. The van der Waals surface area contributed by atoms with Gasteiger partial charge < -0.3 is 0 Å². The third-order valence-corrected chi connectivity index (χ3v) is 0.402. The second kappa shape index (κ2) is 9.31. The molecule has 0 aromatic rings. The molecule has 0 rings (SSSR count). The van der Waals surface area contributed by atoms with E-state index in [9.17, 15) is 4.79 Å². The molecule has 0 aromatic carbocycles. The van der Waals surface area contributed by atoms with Gasteiger partial charge in [-0.25, -0.2) is 0 Å². The fourth-order valence-electron chi connectivity index (χ4n) is 0.0833. The summed E-state index contributed by atoms with van der Waals surface area (Å²) in [7, 11) is 0. The fraction of sp³-hybridized carbons (Fsp3) is 0. The first-order chi connectivity index (χ1) is 3.81. The molecule has 1 nitrogen and oxygen atoms in total. The molecule has 0 N–H and O–H groups in total. The van der Waals surface area contributed by atoms with Crippen LogP contribution in [0.3, 0.4) is 0 Å². The van der Waals surface area contributed by atoms with Gasteiger partial charge in [0.2, 0.25) is 0 Å². The molecule has 8 heavy (non-hydrogen) atoms. The summed E-state index contributed by atoms with van der Waals surface area (Å²) in [6.07, 6.45) is 2.43. The second-order valence-corrected chi connectivity index (χ2v) is 0.811. The van der Waals surface area contributed by atoms with E-state index in [-0.39, 0.29) is 5.78 Å². The monoisotopic (exact) mass is 110 g/mol. The highest BCUT2D eigenvalue weighted by molar-refractivity contribution is 5.98. The molecule has 0 aliphatic carbocycles. The highest BCUT2D eigenvalue weighted by Crippen LogP contribution is 1.68. The van der Waals surface area contributed by atoms with Crippen LogP contribution >= 0.6 is 0 Å². The minimum atomic E-state index is -0.130. The topological polar surface area (TPSA) is 17.1 Å². The van der Waals surface area contributed by atoms with Crippen molar-refractivity contribution in [3.8, 4) is 0 Å². The fourth-order valence-corrected chi connectivity index (χ4v) is 0.0833. The highest BCUT2D eigenvalue weighted by Gasteiger charge is 1.75. The van der Waals surface area contributed by atoms with Crippen LogP contribution in [0.15, 0.2) is 38.5 Å². The first-order valence-corrected chi connectivity index (χ1v) is 2.10. The highest BCUT2D eigenvalue weighted by atomic mass is 16.1. The van der Waals surface area contributed by atoms with Gasteiger partial charge in [-0.2, -0.15) is 0 Å². The second-order valence-electron chi connectivity index (χ2n) is 0.811. The molecule has 0 atom stereocenters. The van der Waals surface area contributed by atoms with E-state index >= 15 is 0 Å². The predicted molar refractivity (Wildman–Crippen MR) is 36.7 cm³/mol.